The van der Waals surface area contributed by atoms with Crippen LogP contribution in [0.4, 0.5) is 0 Å². The molecule has 0 saturated carbocycles. The number of benzene rings is 4. The number of carbonyl (C=O) groups is 2. The Hall–Kier alpha value is -3.66. The average Bonchev–Trinajstić information content (AvgIpc) is 2.81. The minimum atomic E-state index is -1.13. The van der Waals surface area contributed by atoms with E-state index in [4.69, 9.17) is 9.47 Å². The van der Waals surface area contributed by atoms with Gasteiger partial charge < -0.3 is 9.47 Å². The van der Waals surface area contributed by atoms with Gasteiger partial charge in [0.15, 0.2) is 5.92 Å². The molecule has 4 aromatic rings. The highest BCUT2D eigenvalue weighted by atomic mass is 16.5. The maximum absolute atomic E-state index is 12.8. The maximum atomic E-state index is 12.8. The Morgan fingerprint density at radius 2 is 1.00 bits per heavy atom. The van der Waals surface area contributed by atoms with Crippen molar-refractivity contribution in [2.45, 2.75) is 5.92 Å². The van der Waals surface area contributed by atoms with Gasteiger partial charge in [-0.15, -0.1) is 0 Å². The first kappa shape index (κ1) is 19.6. The number of fused-ring (bicyclic) bond motifs is 2. The lowest BCUT2D eigenvalue weighted by atomic mass is 9.77. The molecule has 4 rings (SSSR count). The number of esters is 2. The molecule has 0 aliphatic carbocycles. The zero-order chi connectivity index (χ0) is 21.1. The molecule has 0 fully saturated rings. The Labute approximate surface area is 175 Å². The van der Waals surface area contributed by atoms with E-state index in [1.54, 1.807) is 0 Å². The van der Waals surface area contributed by atoms with Gasteiger partial charge in [0.2, 0.25) is 0 Å². The van der Waals surface area contributed by atoms with Gasteiger partial charge in [-0.25, -0.2) is 0 Å². The summed E-state index contributed by atoms with van der Waals surface area (Å²) in [4.78, 5) is 25.7. The van der Waals surface area contributed by atoms with E-state index in [-0.39, 0.29) is 0 Å². The van der Waals surface area contributed by atoms with E-state index < -0.39 is 23.8 Å². The maximum Gasteiger partial charge on any atom is 0.321 e. The molecule has 0 spiro atoms. The van der Waals surface area contributed by atoms with Crippen molar-refractivity contribution >= 4 is 33.5 Å². The van der Waals surface area contributed by atoms with E-state index in [1.165, 1.54) is 14.2 Å². The predicted molar refractivity (Wildman–Crippen MR) is 117 cm³/mol. The van der Waals surface area contributed by atoms with Crippen LogP contribution < -0.4 is 0 Å². The Balaban J connectivity index is 2.07. The molecule has 30 heavy (non-hydrogen) atoms. The molecule has 0 amide bonds. The van der Waals surface area contributed by atoms with E-state index in [9.17, 15) is 9.59 Å². The van der Waals surface area contributed by atoms with Crippen molar-refractivity contribution < 1.29 is 19.1 Å². The van der Waals surface area contributed by atoms with Crippen molar-refractivity contribution in [3.05, 3.63) is 96.1 Å². The fraction of sp³-hybridized carbons (Fsp3) is 0.154. The fourth-order valence-electron chi connectivity index (χ4n) is 4.19. The first-order chi connectivity index (χ1) is 14.7. The molecule has 0 saturated heterocycles. The lowest BCUT2D eigenvalue weighted by Crippen LogP contribution is -2.33. The molecule has 0 N–H and O–H groups in total. The molecule has 0 aliphatic rings. The number of ether oxygens (including phenoxy) is 2. The summed E-state index contributed by atoms with van der Waals surface area (Å²) in [5, 5.41) is 4.04. The van der Waals surface area contributed by atoms with Gasteiger partial charge in [-0.1, -0.05) is 84.9 Å². The highest BCUT2D eigenvalue weighted by Crippen LogP contribution is 2.40. The van der Waals surface area contributed by atoms with Crippen LogP contribution >= 0.6 is 0 Å². The Kier molecular flexibility index (Phi) is 5.48. The van der Waals surface area contributed by atoms with Gasteiger partial charge in [0.1, 0.15) is 0 Å². The summed E-state index contributed by atoms with van der Waals surface area (Å²) in [6, 6.07) is 27.8. The summed E-state index contributed by atoms with van der Waals surface area (Å²) < 4.78 is 10.1. The Morgan fingerprint density at radius 3 is 1.43 bits per heavy atom. The van der Waals surface area contributed by atoms with Crippen LogP contribution in [0.15, 0.2) is 84.9 Å². The molecule has 0 unspecified atom stereocenters. The van der Waals surface area contributed by atoms with Crippen LogP contribution in [0.1, 0.15) is 17.0 Å². The van der Waals surface area contributed by atoms with Gasteiger partial charge in [0, 0.05) is 5.92 Å². The van der Waals surface area contributed by atoms with E-state index in [0.29, 0.717) is 0 Å². The molecular formula is C26H22O4. The molecule has 4 heteroatoms. The third-order valence-electron chi connectivity index (χ3n) is 5.56. The number of rotatable bonds is 5. The summed E-state index contributed by atoms with van der Waals surface area (Å²) >= 11 is 0. The SMILES string of the molecule is COC(=O)C(C(=O)OC)C(c1cccc2ccccc12)c1cccc2ccccc12. The summed E-state index contributed by atoms with van der Waals surface area (Å²) in [5.41, 5.74) is 1.76. The number of hydrogen-bond acceptors (Lipinski definition) is 4. The molecular weight excluding hydrogens is 376 g/mol. The smallest absolute Gasteiger partial charge is 0.321 e. The zero-order valence-electron chi connectivity index (χ0n) is 16.9. The van der Waals surface area contributed by atoms with Crippen LogP contribution in [0.2, 0.25) is 0 Å². The van der Waals surface area contributed by atoms with Crippen LogP contribution in [-0.2, 0) is 19.1 Å². The minimum Gasteiger partial charge on any atom is -0.468 e. The predicted octanol–water partition coefficient (Wildman–Crippen LogP) is 5.09. The largest absolute Gasteiger partial charge is 0.468 e. The molecule has 0 atom stereocenters. The Bertz CT molecular complexity index is 1120. The fourth-order valence-corrected chi connectivity index (χ4v) is 4.19. The normalized spacial score (nSPS) is 11.2. The molecule has 0 radical (unpaired) electrons. The van der Waals surface area contributed by atoms with Crippen LogP contribution in [0.5, 0.6) is 0 Å². The third kappa shape index (κ3) is 3.41. The average molecular weight is 398 g/mol. The second-order valence-corrected chi connectivity index (χ2v) is 7.14. The van der Waals surface area contributed by atoms with E-state index in [0.717, 1.165) is 32.7 Å². The van der Waals surface area contributed by atoms with Gasteiger partial charge in [-0.3, -0.25) is 9.59 Å². The summed E-state index contributed by atoms with van der Waals surface area (Å²) in [5.74, 6) is -2.93. The summed E-state index contributed by atoms with van der Waals surface area (Å²) in [7, 11) is 2.59. The number of methoxy groups -OCH3 is 2. The van der Waals surface area contributed by atoms with E-state index in [2.05, 4.69) is 0 Å². The molecule has 0 heterocycles. The van der Waals surface area contributed by atoms with E-state index >= 15 is 0 Å². The topological polar surface area (TPSA) is 52.6 Å². The molecule has 0 aromatic heterocycles. The van der Waals surface area contributed by atoms with Crippen molar-refractivity contribution in [3.8, 4) is 0 Å². The summed E-state index contributed by atoms with van der Waals surface area (Å²) in [6.45, 7) is 0. The van der Waals surface area contributed by atoms with Crippen molar-refractivity contribution in [1.29, 1.82) is 0 Å². The highest BCUT2D eigenvalue weighted by Gasteiger charge is 2.40. The van der Waals surface area contributed by atoms with Crippen LogP contribution in [-0.4, -0.2) is 26.2 Å². The number of hydrogen-bond donors (Lipinski definition) is 0. The molecule has 0 bridgehead atoms. The van der Waals surface area contributed by atoms with Gasteiger partial charge in [-0.2, -0.15) is 0 Å². The third-order valence-corrected chi connectivity index (χ3v) is 5.56. The van der Waals surface area contributed by atoms with Crippen molar-refractivity contribution in [3.63, 3.8) is 0 Å². The first-order valence-corrected chi connectivity index (χ1v) is 9.76. The van der Waals surface area contributed by atoms with Gasteiger partial charge in [0.05, 0.1) is 14.2 Å². The number of carbonyl (C=O) groups excluding carboxylic acids is 2. The quantitative estimate of drug-likeness (QED) is 0.347. The lowest BCUT2D eigenvalue weighted by Gasteiger charge is -2.26. The monoisotopic (exact) mass is 398 g/mol. The van der Waals surface area contributed by atoms with Crippen molar-refractivity contribution in [2.75, 3.05) is 14.2 Å². The molecule has 0 aliphatic heterocycles. The van der Waals surface area contributed by atoms with Gasteiger partial charge in [-0.05, 0) is 32.7 Å². The standard InChI is InChI=1S/C26H22O4/c1-29-25(27)24(26(28)30-2)23(21-15-7-11-17-9-3-5-13-19(17)21)22-16-8-12-18-10-4-6-14-20(18)22/h3-16,23-24H,1-2H3. The van der Waals surface area contributed by atoms with Gasteiger partial charge in [0.25, 0.3) is 0 Å². The van der Waals surface area contributed by atoms with Crippen LogP contribution in [0.25, 0.3) is 21.5 Å². The van der Waals surface area contributed by atoms with Crippen molar-refractivity contribution in [2.24, 2.45) is 5.92 Å². The highest BCUT2D eigenvalue weighted by molar-refractivity contribution is 5.99. The van der Waals surface area contributed by atoms with Crippen LogP contribution in [0.3, 0.4) is 0 Å². The first-order valence-electron chi connectivity index (χ1n) is 9.76. The minimum absolute atomic E-state index is 0.568. The van der Waals surface area contributed by atoms with Crippen molar-refractivity contribution in [1.82, 2.24) is 0 Å². The molecule has 150 valence electrons. The second kappa shape index (κ2) is 8.37. The second-order valence-electron chi connectivity index (χ2n) is 7.14. The van der Waals surface area contributed by atoms with Crippen LogP contribution in [0, 0.1) is 5.92 Å². The van der Waals surface area contributed by atoms with Gasteiger partial charge >= 0.3 is 11.9 Å². The zero-order valence-corrected chi connectivity index (χ0v) is 16.9. The lowest BCUT2D eigenvalue weighted by molar-refractivity contribution is -0.159. The molecule has 4 aromatic carbocycles. The van der Waals surface area contributed by atoms with E-state index in [1.807, 2.05) is 84.9 Å². The summed E-state index contributed by atoms with van der Waals surface area (Å²) in [6.07, 6.45) is 0. The Morgan fingerprint density at radius 1 is 0.600 bits per heavy atom. The molecule has 4 nitrogen and oxygen atoms in total.